The topological polar surface area (TPSA) is 46.8 Å². The van der Waals surface area contributed by atoms with Gasteiger partial charge in [0.2, 0.25) is 0 Å². The second-order valence-electron chi connectivity index (χ2n) is 6.04. The summed E-state index contributed by atoms with van der Waals surface area (Å²) in [7, 11) is 0. The molecule has 1 heterocycles. The van der Waals surface area contributed by atoms with Crippen LogP contribution >= 0.6 is 15.9 Å². The van der Waals surface area contributed by atoms with Gasteiger partial charge < -0.3 is 0 Å². The smallest absolute Gasteiger partial charge is 0.165 e. The van der Waals surface area contributed by atoms with Gasteiger partial charge in [-0.2, -0.15) is 0 Å². The van der Waals surface area contributed by atoms with Crippen molar-refractivity contribution in [1.82, 2.24) is 25.1 Å². The predicted molar refractivity (Wildman–Crippen MR) is 82.5 cm³/mol. The standard InChI is InChI=1S/C15H18BrN5/c16-12-3-1-2-11(8-12)9-20(13-4-5-13)10-15-17-18-19-21(15)14-6-7-14/h1-3,8,13-14H,4-7,9-10H2. The maximum absolute atomic E-state index is 4.24. The van der Waals surface area contributed by atoms with Crippen LogP contribution < -0.4 is 0 Å². The van der Waals surface area contributed by atoms with E-state index in [1.54, 1.807) is 0 Å². The van der Waals surface area contributed by atoms with Gasteiger partial charge in [0, 0.05) is 17.1 Å². The molecule has 5 nitrogen and oxygen atoms in total. The average Bonchev–Trinajstić information content (AvgIpc) is 3.38. The molecule has 0 spiro atoms. The summed E-state index contributed by atoms with van der Waals surface area (Å²) < 4.78 is 3.16. The lowest BCUT2D eigenvalue weighted by molar-refractivity contribution is 0.234. The van der Waals surface area contributed by atoms with Crippen LogP contribution in [0.2, 0.25) is 0 Å². The van der Waals surface area contributed by atoms with Crippen LogP contribution in [0.1, 0.15) is 43.1 Å². The molecule has 0 unspecified atom stereocenters. The SMILES string of the molecule is Brc1cccc(CN(Cc2nnnn2C2CC2)C2CC2)c1. The van der Waals surface area contributed by atoms with E-state index < -0.39 is 0 Å². The van der Waals surface area contributed by atoms with E-state index in [0.29, 0.717) is 12.1 Å². The van der Waals surface area contributed by atoms with Crippen molar-refractivity contribution in [2.75, 3.05) is 0 Å². The Morgan fingerprint density at radius 3 is 2.76 bits per heavy atom. The van der Waals surface area contributed by atoms with Gasteiger partial charge in [-0.15, -0.1) is 5.10 Å². The quantitative estimate of drug-likeness (QED) is 0.805. The van der Waals surface area contributed by atoms with Crippen molar-refractivity contribution in [3.63, 3.8) is 0 Å². The second kappa shape index (κ2) is 5.50. The molecule has 0 bridgehead atoms. The molecule has 1 aromatic heterocycles. The molecular formula is C15H18BrN5. The summed E-state index contributed by atoms with van der Waals surface area (Å²) in [6.45, 7) is 1.81. The van der Waals surface area contributed by atoms with Gasteiger partial charge in [-0.3, -0.25) is 4.90 Å². The van der Waals surface area contributed by atoms with E-state index in [9.17, 15) is 0 Å². The van der Waals surface area contributed by atoms with Gasteiger partial charge in [-0.25, -0.2) is 4.68 Å². The maximum Gasteiger partial charge on any atom is 0.165 e. The van der Waals surface area contributed by atoms with Crippen molar-refractivity contribution in [3.8, 4) is 0 Å². The summed E-state index contributed by atoms with van der Waals surface area (Å²) in [4.78, 5) is 2.51. The second-order valence-corrected chi connectivity index (χ2v) is 6.95. The molecule has 2 saturated carbocycles. The molecule has 0 N–H and O–H groups in total. The number of benzene rings is 1. The molecule has 0 aliphatic heterocycles. The lowest BCUT2D eigenvalue weighted by Gasteiger charge is -2.21. The first-order chi connectivity index (χ1) is 10.3. The van der Waals surface area contributed by atoms with E-state index >= 15 is 0 Å². The highest BCUT2D eigenvalue weighted by atomic mass is 79.9. The molecule has 4 rings (SSSR count). The highest BCUT2D eigenvalue weighted by Gasteiger charge is 2.32. The van der Waals surface area contributed by atoms with Crippen molar-refractivity contribution in [2.45, 2.75) is 50.9 Å². The third-order valence-electron chi connectivity index (χ3n) is 4.14. The molecule has 21 heavy (non-hydrogen) atoms. The van der Waals surface area contributed by atoms with Crippen LogP contribution in [0.4, 0.5) is 0 Å². The molecule has 0 radical (unpaired) electrons. The van der Waals surface area contributed by atoms with E-state index in [1.165, 1.54) is 31.2 Å². The maximum atomic E-state index is 4.24. The number of nitrogens with zero attached hydrogens (tertiary/aromatic N) is 5. The number of aromatic nitrogens is 4. The molecule has 2 aromatic rings. The minimum absolute atomic E-state index is 0.543. The Bertz CT molecular complexity index is 632. The molecule has 110 valence electrons. The monoisotopic (exact) mass is 347 g/mol. The van der Waals surface area contributed by atoms with E-state index in [2.05, 4.69) is 60.6 Å². The lowest BCUT2D eigenvalue weighted by Crippen LogP contribution is -2.27. The van der Waals surface area contributed by atoms with Gasteiger partial charge in [-0.05, 0) is 53.8 Å². The average molecular weight is 348 g/mol. The number of rotatable bonds is 6. The Morgan fingerprint density at radius 2 is 2.05 bits per heavy atom. The summed E-state index contributed by atoms with van der Waals surface area (Å²) in [5.74, 6) is 1.01. The highest BCUT2D eigenvalue weighted by Crippen LogP contribution is 2.35. The van der Waals surface area contributed by atoms with Gasteiger partial charge in [0.25, 0.3) is 0 Å². The number of halogens is 1. The predicted octanol–water partition coefficient (Wildman–Crippen LogP) is 2.94. The summed E-state index contributed by atoms with van der Waals surface area (Å²) in [5, 5.41) is 12.3. The first-order valence-electron chi connectivity index (χ1n) is 7.55. The minimum Gasteiger partial charge on any atom is -0.289 e. The molecule has 2 fully saturated rings. The fourth-order valence-corrected chi connectivity index (χ4v) is 3.17. The van der Waals surface area contributed by atoms with Crippen molar-refractivity contribution < 1.29 is 0 Å². The zero-order valence-electron chi connectivity index (χ0n) is 11.8. The Kier molecular flexibility index (Phi) is 3.51. The zero-order valence-corrected chi connectivity index (χ0v) is 13.4. The first kappa shape index (κ1) is 13.4. The highest BCUT2D eigenvalue weighted by molar-refractivity contribution is 9.10. The molecule has 2 aliphatic rings. The summed E-state index contributed by atoms with van der Waals surface area (Å²) in [5.41, 5.74) is 1.33. The van der Waals surface area contributed by atoms with Gasteiger partial charge in [-0.1, -0.05) is 28.1 Å². The van der Waals surface area contributed by atoms with E-state index in [0.717, 1.165) is 23.4 Å². The van der Waals surface area contributed by atoms with Crippen LogP contribution in [-0.4, -0.2) is 31.1 Å². The van der Waals surface area contributed by atoms with Gasteiger partial charge in [0.15, 0.2) is 5.82 Å². The summed E-state index contributed by atoms with van der Waals surface area (Å²) in [6.07, 6.45) is 5.01. The number of hydrogen-bond donors (Lipinski definition) is 0. The molecule has 0 atom stereocenters. The van der Waals surface area contributed by atoms with Crippen LogP contribution in [0.15, 0.2) is 28.7 Å². The lowest BCUT2D eigenvalue weighted by atomic mass is 10.2. The molecule has 6 heteroatoms. The van der Waals surface area contributed by atoms with Crippen molar-refractivity contribution in [1.29, 1.82) is 0 Å². The van der Waals surface area contributed by atoms with Crippen LogP contribution in [0.25, 0.3) is 0 Å². The van der Waals surface area contributed by atoms with Crippen LogP contribution in [-0.2, 0) is 13.1 Å². The van der Waals surface area contributed by atoms with Crippen molar-refractivity contribution in [3.05, 3.63) is 40.1 Å². The Morgan fingerprint density at radius 1 is 1.19 bits per heavy atom. The molecule has 1 aromatic carbocycles. The van der Waals surface area contributed by atoms with Crippen molar-refractivity contribution in [2.24, 2.45) is 0 Å². The zero-order chi connectivity index (χ0) is 14.2. The Labute approximate surface area is 132 Å². The third-order valence-corrected chi connectivity index (χ3v) is 4.63. The van der Waals surface area contributed by atoms with E-state index in [-0.39, 0.29) is 0 Å². The van der Waals surface area contributed by atoms with Gasteiger partial charge in [0.05, 0.1) is 12.6 Å². The van der Waals surface area contributed by atoms with Gasteiger partial charge in [0.1, 0.15) is 0 Å². The summed E-state index contributed by atoms with van der Waals surface area (Å²) >= 11 is 3.55. The van der Waals surface area contributed by atoms with Crippen LogP contribution in [0.3, 0.4) is 0 Å². The molecule has 0 amide bonds. The molecule has 2 aliphatic carbocycles. The minimum atomic E-state index is 0.543. The van der Waals surface area contributed by atoms with Crippen LogP contribution in [0.5, 0.6) is 0 Å². The Balaban J connectivity index is 1.50. The molecule has 0 saturated heterocycles. The fraction of sp³-hybridized carbons (Fsp3) is 0.533. The normalized spacial score (nSPS) is 18.4. The largest absolute Gasteiger partial charge is 0.289 e. The number of tetrazole rings is 1. The Hall–Kier alpha value is -1.27. The molecular weight excluding hydrogens is 330 g/mol. The summed E-state index contributed by atoms with van der Waals surface area (Å²) in [6, 6.07) is 9.77. The van der Waals surface area contributed by atoms with Gasteiger partial charge >= 0.3 is 0 Å². The van der Waals surface area contributed by atoms with Crippen molar-refractivity contribution >= 4 is 15.9 Å². The fourth-order valence-electron chi connectivity index (χ4n) is 2.72. The third kappa shape index (κ3) is 3.16. The van der Waals surface area contributed by atoms with Crippen LogP contribution in [0, 0.1) is 0 Å². The number of hydrogen-bond acceptors (Lipinski definition) is 4. The van der Waals surface area contributed by atoms with E-state index in [4.69, 9.17) is 0 Å². The first-order valence-corrected chi connectivity index (χ1v) is 8.34. The van der Waals surface area contributed by atoms with E-state index in [1.807, 2.05) is 4.68 Å².